The first-order chi connectivity index (χ1) is 19.8. The number of rotatable bonds is 6. The summed E-state index contributed by atoms with van der Waals surface area (Å²) in [6, 6.07) is 22.6. The predicted molar refractivity (Wildman–Crippen MR) is 151 cm³/mol. The Labute approximate surface area is 231 Å². The third-order valence-electron chi connectivity index (χ3n) is 6.15. The van der Waals surface area contributed by atoms with Crippen LogP contribution in [0.15, 0.2) is 87.7 Å². The fraction of sp³-hybridized carbons (Fsp3) is 0.0345. The highest BCUT2D eigenvalue weighted by Gasteiger charge is 2.25. The smallest absolute Gasteiger partial charge is 0.291 e. The van der Waals surface area contributed by atoms with E-state index in [-0.39, 0.29) is 39.7 Å². The van der Waals surface area contributed by atoms with Gasteiger partial charge >= 0.3 is 0 Å². The zero-order valence-corrected chi connectivity index (χ0v) is 21.3. The van der Waals surface area contributed by atoms with E-state index < -0.39 is 16.0 Å². The van der Waals surface area contributed by atoms with Crippen molar-refractivity contribution in [1.82, 2.24) is 14.6 Å². The Hall–Kier alpha value is -6.40. The third-order valence-corrected chi connectivity index (χ3v) is 6.15. The number of fused-ring (bicyclic) bond motifs is 1. The van der Waals surface area contributed by atoms with Crippen LogP contribution in [0.1, 0.15) is 29.4 Å². The first-order valence-electron chi connectivity index (χ1n) is 12.0. The van der Waals surface area contributed by atoms with Gasteiger partial charge in [-0.05, 0) is 42.8 Å². The first kappa shape index (κ1) is 26.2. The molecule has 12 heteroatoms. The van der Waals surface area contributed by atoms with E-state index >= 15 is 0 Å². The summed E-state index contributed by atoms with van der Waals surface area (Å²) in [7, 11) is 0. The number of nitrogens with zero attached hydrogens (tertiary/aromatic N) is 7. The van der Waals surface area contributed by atoms with E-state index in [0.717, 1.165) is 10.2 Å². The maximum atomic E-state index is 13.7. The van der Waals surface area contributed by atoms with Crippen LogP contribution in [-0.2, 0) is 0 Å². The number of benzene rings is 3. The number of non-ortho nitro benzene ring substituents is 1. The molecule has 0 fully saturated rings. The van der Waals surface area contributed by atoms with Crippen molar-refractivity contribution in [2.24, 2.45) is 10.1 Å². The van der Waals surface area contributed by atoms with Gasteiger partial charge in [0.25, 0.3) is 11.2 Å². The zero-order valence-electron chi connectivity index (χ0n) is 21.3. The molecule has 0 saturated heterocycles. The van der Waals surface area contributed by atoms with Gasteiger partial charge in [0.2, 0.25) is 0 Å². The number of hydrogen-bond donors (Lipinski definition) is 2. The van der Waals surface area contributed by atoms with E-state index in [4.69, 9.17) is 0 Å². The topological polar surface area (TPSA) is 186 Å². The number of nitro groups is 1. The molecule has 0 radical (unpaired) electrons. The van der Waals surface area contributed by atoms with E-state index in [1.54, 1.807) is 25.1 Å². The summed E-state index contributed by atoms with van der Waals surface area (Å²) in [5.74, 6) is -0.112. The lowest BCUT2D eigenvalue weighted by molar-refractivity contribution is -0.384. The molecule has 3 aromatic carbocycles. The highest BCUT2D eigenvalue weighted by molar-refractivity contribution is 5.98. The molecule has 12 nitrogen and oxygen atoms in total. The number of H-pyrrole nitrogens is 1. The van der Waals surface area contributed by atoms with Crippen LogP contribution in [0, 0.1) is 32.8 Å². The van der Waals surface area contributed by atoms with Gasteiger partial charge in [-0.2, -0.15) is 20.3 Å². The quantitative estimate of drug-likeness (QED) is 0.176. The number of aromatic hydroxyl groups is 1. The Morgan fingerprint density at radius 1 is 1.05 bits per heavy atom. The van der Waals surface area contributed by atoms with Gasteiger partial charge in [0.05, 0.1) is 16.0 Å². The zero-order chi connectivity index (χ0) is 29.1. The van der Waals surface area contributed by atoms with E-state index in [1.807, 2.05) is 30.3 Å². The Bertz CT molecular complexity index is 2010. The molecule has 2 heterocycles. The van der Waals surface area contributed by atoms with Gasteiger partial charge < -0.3 is 10.1 Å². The van der Waals surface area contributed by atoms with Crippen LogP contribution in [0.5, 0.6) is 5.75 Å². The van der Waals surface area contributed by atoms with Gasteiger partial charge in [0.15, 0.2) is 11.6 Å². The van der Waals surface area contributed by atoms with E-state index in [1.165, 1.54) is 42.6 Å². The van der Waals surface area contributed by atoms with Gasteiger partial charge in [-0.25, -0.2) is 9.98 Å². The lowest BCUT2D eigenvalue weighted by Gasteiger charge is -2.14. The van der Waals surface area contributed by atoms with Crippen molar-refractivity contribution in [1.29, 1.82) is 10.5 Å². The summed E-state index contributed by atoms with van der Waals surface area (Å²) in [6.07, 6.45) is 1.31. The molecular formula is C29H18N8O4. The molecule has 2 N–H and O–H groups in total. The second-order valence-electron chi connectivity index (χ2n) is 8.70. The minimum Gasteiger partial charge on any atom is -0.507 e. The number of phenols is 1. The van der Waals surface area contributed by atoms with Crippen LogP contribution in [0.3, 0.4) is 0 Å². The first-order valence-corrected chi connectivity index (χ1v) is 12.0. The number of phenolic OH excluding ortho intramolecular Hbond substituents is 1. The molecule has 0 unspecified atom stereocenters. The minimum absolute atomic E-state index is 0.0922. The van der Waals surface area contributed by atoms with Crippen molar-refractivity contribution in [3.05, 3.63) is 116 Å². The Morgan fingerprint density at radius 2 is 1.73 bits per heavy atom. The van der Waals surface area contributed by atoms with Crippen molar-refractivity contribution >= 4 is 34.5 Å². The highest BCUT2D eigenvalue weighted by Crippen LogP contribution is 2.36. The van der Waals surface area contributed by atoms with Gasteiger partial charge in [-0.15, -0.1) is 0 Å². The van der Waals surface area contributed by atoms with Crippen LogP contribution in [-0.4, -0.2) is 36.6 Å². The second kappa shape index (κ2) is 10.8. The Balaban J connectivity index is 1.78. The number of aromatic nitrogens is 3. The minimum atomic E-state index is -0.879. The van der Waals surface area contributed by atoms with Crippen LogP contribution >= 0.6 is 0 Å². The number of para-hydroxylation sites is 3. The van der Waals surface area contributed by atoms with E-state index in [0.29, 0.717) is 16.9 Å². The summed E-state index contributed by atoms with van der Waals surface area (Å²) in [5, 5.41) is 46.2. The maximum Gasteiger partial charge on any atom is 0.291 e. The fourth-order valence-electron chi connectivity index (χ4n) is 4.17. The van der Waals surface area contributed by atoms with Crippen LogP contribution in [0.2, 0.25) is 0 Å². The Morgan fingerprint density at radius 3 is 2.39 bits per heavy atom. The van der Waals surface area contributed by atoms with Crippen LogP contribution in [0.25, 0.3) is 22.2 Å². The van der Waals surface area contributed by atoms with Crippen molar-refractivity contribution in [3.63, 3.8) is 0 Å². The molecule has 0 atom stereocenters. The molecule has 198 valence electrons. The number of hydrogen-bond acceptors (Lipinski definition) is 9. The average Bonchev–Trinajstić information content (AvgIpc) is 3.42. The lowest BCUT2D eigenvalue weighted by Crippen LogP contribution is -2.23. The molecule has 0 bridgehead atoms. The number of nitrogens with one attached hydrogen (secondary N) is 1. The summed E-state index contributed by atoms with van der Waals surface area (Å²) in [4.78, 5) is 36.2. The van der Waals surface area contributed by atoms with Crippen molar-refractivity contribution < 1.29 is 10.0 Å². The maximum absolute atomic E-state index is 13.7. The molecule has 0 saturated carbocycles. The number of imidazole rings is 1. The lowest BCUT2D eigenvalue weighted by atomic mass is 9.96. The number of aromatic amines is 1. The standard InChI is InChI=1S/C29H18N8O4/c1-17(27-33-23-7-3-4-8-24(23)34-27)35-36-28(32-16-18-10-12-19(13-11-18)37(40)41)21(14-30)26(22(15-31)29(36)39)20-6-2-5-9-25(20)38/h2-13,16,38H,1H3,(H,33,34)/b32-16?,35-17+. The normalized spacial score (nSPS) is 11.4. The fourth-order valence-corrected chi connectivity index (χ4v) is 4.17. The van der Waals surface area contributed by atoms with Crippen molar-refractivity contribution in [3.8, 4) is 29.0 Å². The molecular weight excluding hydrogens is 524 g/mol. The van der Waals surface area contributed by atoms with E-state index in [9.17, 15) is 30.5 Å². The van der Waals surface area contributed by atoms with Gasteiger partial charge in [-0.3, -0.25) is 14.9 Å². The molecule has 5 rings (SSSR count). The molecule has 41 heavy (non-hydrogen) atoms. The number of aliphatic imine (C=N–C) groups is 1. The largest absolute Gasteiger partial charge is 0.507 e. The summed E-state index contributed by atoms with van der Waals surface area (Å²) in [6.45, 7) is 1.60. The van der Waals surface area contributed by atoms with Crippen molar-refractivity contribution in [2.75, 3.05) is 0 Å². The molecule has 5 aromatic rings. The average molecular weight is 543 g/mol. The Kier molecular flexibility index (Phi) is 6.88. The number of nitro benzene ring substituents is 1. The van der Waals surface area contributed by atoms with Crippen molar-refractivity contribution in [2.45, 2.75) is 6.92 Å². The molecule has 0 amide bonds. The molecule has 0 aliphatic rings. The number of pyridine rings is 1. The van der Waals surface area contributed by atoms with Gasteiger partial charge in [0.1, 0.15) is 34.7 Å². The number of nitriles is 2. The second-order valence-corrected chi connectivity index (χ2v) is 8.70. The van der Waals surface area contributed by atoms with Crippen LogP contribution < -0.4 is 5.56 Å². The van der Waals surface area contributed by atoms with Gasteiger partial charge in [0, 0.05) is 29.5 Å². The summed E-state index contributed by atoms with van der Waals surface area (Å²) in [5.41, 5.74) is 0.497. The van der Waals surface area contributed by atoms with Crippen LogP contribution in [0.4, 0.5) is 11.5 Å². The molecule has 0 spiro atoms. The molecule has 0 aliphatic carbocycles. The molecule has 0 aliphatic heterocycles. The third kappa shape index (κ3) is 4.92. The highest BCUT2D eigenvalue weighted by atomic mass is 16.6. The van der Waals surface area contributed by atoms with Gasteiger partial charge in [-0.1, -0.05) is 30.3 Å². The monoisotopic (exact) mass is 542 g/mol. The summed E-state index contributed by atoms with van der Waals surface area (Å²) >= 11 is 0. The molecule has 2 aromatic heterocycles. The van der Waals surface area contributed by atoms with E-state index in [2.05, 4.69) is 20.1 Å². The SMILES string of the molecule is C/C(=N\n1c(N=Cc2ccc([N+](=O)[O-])cc2)c(C#N)c(-c2ccccc2O)c(C#N)c1=O)c1nc2ccccc2[nH]1. The predicted octanol–water partition coefficient (Wildman–Crippen LogP) is 4.77. The summed E-state index contributed by atoms with van der Waals surface area (Å²) < 4.78 is 0.838.